The van der Waals surface area contributed by atoms with Crippen LogP contribution in [-0.2, 0) is 30.4 Å². The van der Waals surface area contributed by atoms with Gasteiger partial charge in [-0.1, -0.05) is 54.6 Å². The number of benzene rings is 4. The minimum absolute atomic E-state index is 0.0667. The standard InChI is InChI=1S/C30H24F4N2O2/c1-18-9-11-21-17-36(29(38)24-8-4-6-20-5-2-3-7-22(20)24)14-13-23(21)28(18)35-27(37)16-19-10-12-25(26(31)15-19)30(32,33)34/h2-12,15H,13-14,16-17H2,1H3,(H,35,37). The summed E-state index contributed by atoms with van der Waals surface area (Å²) in [5, 5.41) is 4.75. The molecule has 4 nitrogen and oxygen atoms in total. The lowest BCUT2D eigenvalue weighted by atomic mass is 9.94. The molecule has 2 amide bonds. The van der Waals surface area contributed by atoms with E-state index < -0.39 is 23.5 Å². The summed E-state index contributed by atoms with van der Waals surface area (Å²) in [6.45, 7) is 2.69. The maximum atomic E-state index is 13.9. The van der Waals surface area contributed by atoms with Crippen molar-refractivity contribution in [3.63, 3.8) is 0 Å². The van der Waals surface area contributed by atoms with Crippen LogP contribution >= 0.6 is 0 Å². The van der Waals surface area contributed by atoms with Gasteiger partial charge in [-0.15, -0.1) is 0 Å². The van der Waals surface area contributed by atoms with E-state index in [0.717, 1.165) is 39.6 Å². The van der Waals surface area contributed by atoms with Crippen molar-refractivity contribution in [2.75, 3.05) is 11.9 Å². The Hall–Kier alpha value is -4.20. The van der Waals surface area contributed by atoms with E-state index in [9.17, 15) is 27.2 Å². The molecule has 1 aliphatic rings. The molecule has 1 N–H and O–H groups in total. The Bertz CT molecular complexity index is 1560. The molecule has 38 heavy (non-hydrogen) atoms. The zero-order valence-corrected chi connectivity index (χ0v) is 20.5. The van der Waals surface area contributed by atoms with Crippen LogP contribution in [0, 0.1) is 12.7 Å². The number of hydrogen-bond donors (Lipinski definition) is 1. The topological polar surface area (TPSA) is 49.4 Å². The molecule has 1 heterocycles. The van der Waals surface area contributed by atoms with Gasteiger partial charge in [-0.25, -0.2) is 4.39 Å². The Balaban J connectivity index is 1.34. The molecular weight excluding hydrogens is 496 g/mol. The Morgan fingerprint density at radius 3 is 2.50 bits per heavy atom. The van der Waals surface area contributed by atoms with Gasteiger partial charge < -0.3 is 10.2 Å². The average Bonchev–Trinajstić information content (AvgIpc) is 2.88. The molecule has 0 saturated carbocycles. The van der Waals surface area contributed by atoms with E-state index in [-0.39, 0.29) is 17.9 Å². The predicted molar refractivity (Wildman–Crippen MR) is 137 cm³/mol. The number of carbonyl (C=O) groups excluding carboxylic acids is 2. The SMILES string of the molecule is Cc1ccc2c(c1NC(=O)Cc1ccc(C(F)(F)F)c(F)c1)CCN(C(=O)c1cccc3ccccc13)C2. The van der Waals surface area contributed by atoms with Crippen molar-refractivity contribution in [2.24, 2.45) is 0 Å². The van der Waals surface area contributed by atoms with Crippen molar-refractivity contribution in [3.05, 3.63) is 112 Å². The average molecular weight is 521 g/mol. The van der Waals surface area contributed by atoms with Crippen molar-refractivity contribution in [3.8, 4) is 0 Å². The lowest BCUT2D eigenvalue weighted by Crippen LogP contribution is -2.36. The molecule has 0 bridgehead atoms. The molecule has 0 aliphatic carbocycles. The molecule has 0 spiro atoms. The summed E-state index contributed by atoms with van der Waals surface area (Å²) < 4.78 is 52.4. The van der Waals surface area contributed by atoms with Gasteiger partial charge >= 0.3 is 6.18 Å². The molecule has 0 aromatic heterocycles. The van der Waals surface area contributed by atoms with Crippen LogP contribution in [0.3, 0.4) is 0 Å². The fourth-order valence-corrected chi connectivity index (χ4v) is 4.97. The molecule has 0 unspecified atom stereocenters. The highest BCUT2D eigenvalue weighted by molar-refractivity contribution is 6.07. The third-order valence-electron chi connectivity index (χ3n) is 6.89. The van der Waals surface area contributed by atoms with Gasteiger partial charge in [0.05, 0.1) is 12.0 Å². The number of rotatable bonds is 4. The molecule has 0 radical (unpaired) electrons. The first kappa shape index (κ1) is 25.4. The summed E-state index contributed by atoms with van der Waals surface area (Å²) in [5.41, 5.74) is 2.68. The third-order valence-corrected chi connectivity index (χ3v) is 6.89. The van der Waals surface area contributed by atoms with Gasteiger partial charge in [0.15, 0.2) is 0 Å². The smallest absolute Gasteiger partial charge is 0.334 e. The number of alkyl halides is 3. The molecule has 1 aliphatic heterocycles. The van der Waals surface area contributed by atoms with Gasteiger partial charge in [0, 0.05) is 24.3 Å². The molecular formula is C30H24F4N2O2. The van der Waals surface area contributed by atoms with Crippen molar-refractivity contribution in [2.45, 2.75) is 32.5 Å². The van der Waals surface area contributed by atoms with E-state index in [1.165, 1.54) is 0 Å². The maximum Gasteiger partial charge on any atom is 0.419 e. The Morgan fingerprint density at radius 2 is 1.74 bits per heavy atom. The number of anilines is 1. The maximum absolute atomic E-state index is 13.9. The van der Waals surface area contributed by atoms with E-state index in [1.807, 2.05) is 61.5 Å². The molecule has 194 valence electrons. The number of fused-ring (bicyclic) bond motifs is 2. The van der Waals surface area contributed by atoms with Crippen LogP contribution < -0.4 is 5.32 Å². The number of carbonyl (C=O) groups is 2. The summed E-state index contributed by atoms with van der Waals surface area (Å²) in [7, 11) is 0. The summed E-state index contributed by atoms with van der Waals surface area (Å²) in [4.78, 5) is 28.0. The van der Waals surface area contributed by atoms with E-state index in [1.54, 1.807) is 4.90 Å². The van der Waals surface area contributed by atoms with Crippen LogP contribution in [0.1, 0.15) is 38.2 Å². The molecule has 4 aromatic rings. The number of hydrogen-bond acceptors (Lipinski definition) is 2. The second-order valence-electron chi connectivity index (χ2n) is 9.44. The monoisotopic (exact) mass is 520 g/mol. The lowest BCUT2D eigenvalue weighted by molar-refractivity contribution is -0.140. The quantitative estimate of drug-likeness (QED) is 0.305. The van der Waals surface area contributed by atoms with Crippen LogP contribution in [0.2, 0.25) is 0 Å². The van der Waals surface area contributed by atoms with Gasteiger partial charge in [-0.3, -0.25) is 9.59 Å². The number of aryl methyl sites for hydroxylation is 1. The summed E-state index contributed by atoms with van der Waals surface area (Å²) in [5.74, 6) is -1.94. The molecule has 4 aromatic carbocycles. The highest BCUT2D eigenvalue weighted by atomic mass is 19.4. The summed E-state index contributed by atoms with van der Waals surface area (Å²) >= 11 is 0. The fourth-order valence-electron chi connectivity index (χ4n) is 4.97. The van der Waals surface area contributed by atoms with Crippen LogP contribution in [-0.4, -0.2) is 23.3 Å². The number of nitrogens with one attached hydrogen (secondary N) is 1. The highest BCUT2D eigenvalue weighted by Crippen LogP contribution is 2.33. The number of nitrogens with zero attached hydrogens (tertiary/aromatic N) is 1. The van der Waals surface area contributed by atoms with Crippen molar-refractivity contribution < 1.29 is 27.2 Å². The van der Waals surface area contributed by atoms with Crippen molar-refractivity contribution in [1.82, 2.24) is 4.90 Å². The van der Waals surface area contributed by atoms with Crippen LogP contribution in [0.15, 0.2) is 72.8 Å². The lowest BCUT2D eigenvalue weighted by Gasteiger charge is -2.31. The van der Waals surface area contributed by atoms with Crippen LogP contribution in [0.5, 0.6) is 0 Å². The van der Waals surface area contributed by atoms with Gasteiger partial charge in [-0.05, 0) is 64.6 Å². The predicted octanol–water partition coefficient (Wildman–Crippen LogP) is 6.69. The van der Waals surface area contributed by atoms with Crippen molar-refractivity contribution in [1.29, 1.82) is 0 Å². The minimum atomic E-state index is -4.80. The first-order valence-corrected chi connectivity index (χ1v) is 12.2. The van der Waals surface area contributed by atoms with Gasteiger partial charge in [0.1, 0.15) is 5.82 Å². The zero-order valence-electron chi connectivity index (χ0n) is 20.5. The van der Waals surface area contributed by atoms with E-state index in [4.69, 9.17) is 0 Å². The summed E-state index contributed by atoms with van der Waals surface area (Å²) in [6.07, 6.45) is -4.55. The van der Waals surface area contributed by atoms with Gasteiger partial charge in [-0.2, -0.15) is 13.2 Å². The zero-order chi connectivity index (χ0) is 27.0. The molecule has 5 rings (SSSR count). The Labute approximate surface area is 216 Å². The van der Waals surface area contributed by atoms with E-state index in [0.29, 0.717) is 36.8 Å². The van der Waals surface area contributed by atoms with Crippen LogP contribution in [0.25, 0.3) is 10.8 Å². The Kier molecular flexibility index (Phi) is 6.65. The Morgan fingerprint density at radius 1 is 0.974 bits per heavy atom. The van der Waals surface area contributed by atoms with Gasteiger partial charge in [0.2, 0.25) is 5.91 Å². The normalized spacial score (nSPS) is 13.3. The van der Waals surface area contributed by atoms with E-state index in [2.05, 4.69) is 5.32 Å². The van der Waals surface area contributed by atoms with Crippen LogP contribution in [0.4, 0.5) is 23.2 Å². The minimum Gasteiger partial charge on any atom is -0.334 e. The van der Waals surface area contributed by atoms with Gasteiger partial charge in [0.25, 0.3) is 5.91 Å². The largest absolute Gasteiger partial charge is 0.419 e. The second kappa shape index (κ2) is 9.93. The molecule has 0 fully saturated rings. The first-order chi connectivity index (χ1) is 18.1. The molecule has 8 heteroatoms. The third kappa shape index (κ3) is 4.98. The first-order valence-electron chi connectivity index (χ1n) is 12.2. The van der Waals surface area contributed by atoms with Crippen molar-refractivity contribution >= 4 is 28.3 Å². The fraction of sp³-hybridized carbons (Fsp3) is 0.200. The summed E-state index contributed by atoms with van der Waals surface area (Å²) in [6, 6.07) is 19.7. The second-order valence-corrected chi connectivity index (χ2v) is 9.44. The molecule has 0 atom stereocenters. The number of amides is 2. The number of halogens is 4. The molecule has 0 saturated heterocycles. The highest BCUT2D eigenvalue weighted by Gasteiger charge is 2.34. The van der Waals surface area contributed by atoms with E-state index >= 15 is 0 Å².